The van der Waals surface area contributed by atoms with Crippen molar-refractivity contribution in [3.05, 3.63) is 48.3 Å². The van der Waals surface area contributed by atoms with Crippen molar-refractivity contribution in [1.29, 1.82) is 0 Å². The molecule has 1 saturated carbocycles. The SMILES string of the molecule is O=C(NC1CCC(Sc2ncccn2)CC1)c1ccc(OC(F)F)cc1. The van der Waals surface area contributed by atoms with Crippen LogP contribution in [-0.2, 0) is 0 Å². The molecular formula is C18H19F2N3O2S. The number of alkyl halides is 2. The third-order valence-electron chi connectivity index (χ3n) is 4.17. The van der Waals surface area contributed by atoms with Crippen molar-refractivity contribution in [2.45, 2.75) is 48.7 Å². The van der Waals surface area contributed by atoms with Crippen LogP contribution in [0.1, 0.15) is 36.0 Å². The smallest absolute Gasteiger partial charge is 0.387 e. The summed E-state index contributed by atoms with van der Waals surface area (Å²) in [6, 6.07) is 7.63. The van der Waals surface area contributed by atoms with Crippen LogP contribution in [0.2, 0.25) is 0 Å². The number of thioether (sulfide) groups is 1. The molecule has 8 heteroatoms. The van der Waals surface area contributed by atoms with Gasteiger partial charge in [-0.1, -0.05) is 11.8 Å². The molecule has 5 nitrogen and oxygen atoms in total. The van der Waals surface area contributed by atoms with E-state index in [2.05, 4.69) is 20.0 Å². The lowest BCUT2D eigenvalue weighted by Gasteiger charge is -2.28. The van der Waals surface area contributed by atoms with Gasteiger partial charge in [-0.2, -0.15) is 8.78 Å². The summed E-state index contributed by atoms with van der Waals surface area (Å²) in [4.78, 5) is 20.8. The second-order valence-electron chi connectivity index (χ2n) is 6.00. The van der Waals surface area contributed by atoms with Crippen LogP contribution in [0, 0.1) is 0 Å². The number of nitrogens with zero attached hydrogens (tertiary/aromatic N) is 2. The molecule has 0 radical (unpaired) electrons. The van der Waals surface area contributed by atoms with Crippen molar-refractivity contribution < 1.29 is 18.3 Å². The van der Waals surface area contributed by atoms with Crippen LogP contribution >= 0.6 is 11.8 Å². The van der Waals surface area contributed by atoms with Crippen LogP contribution in [0.3, 0.4) is 0 Å². The van der Waals surface area contributed by atoms with Crippen LogP contribution < -0.4 is 10.1 Å². The van der Waals surface area contributed by atoms with Gasteiger partial charge < -0.3 is 10.1 Å². The standard InChI is InChI=1S/C18H19F2N3O2S/c19-17(20)25-14-6-2-12(3-7-14)16(24)23-13-4-8-15(9-5-13)26-18-21-10-1-11-22-18/h1-3,6-7,10-11,13,15,17H,4-5,8-9H2,(H,23,24). The Labute approximate surface area is 154 Å². The predicted molar refractivity (Wildman–Crippen MR) is 94.5 cm³/mol. The van der Waals surface area contributed by atoms with E-state index < -0.39 is 6.61 Å². The molecule has 138 valence electrons. The maximum absolute atomic E-state index is 12.3. The molecule has 1 heterocycles. The summed E-state index contributed by atoms with van der Waals surface area (Å²) in [6.07, 6.45) is 7.22. The summed E-state index contributed by atoms with van der Waals surface area (Å²) in [6.45, 7) is -2.87. The van der Waals surface area contributed by atoms with Crippen LogP contribution in [0.25, 0.3) is 0 Å². The molecule has 1 aromatic heterocycles. The van der Waals surface area contributed by atoms with E-state index >= 15 is 0 Å². The Bertz CT molecular complexity index is 708. The van der Waals surface area contributed by atoms with Gasteiger partial charge in [0.05, 0.1) is 0 Å². The van der Waals surface area contributed by atoms with E-state index in [9.17, 15) is 13.6 Å². The van der Waals surface area contributed by atoms with Gasteiger partial charge in [-0.25, -0.2) is 9.97 Å². The first kappa shape index (κ1) is 18.6. The summed E-state index contributed by atoms with van der Waals surface area (Å²) in [7, 11) is 0. The highest BCUT2D eigenvalue weighted by molar-refractivity contribution is 7.99. The zero-order valence-corrected chi connectivity index (χ0v) is 14.8. The van der Waals surface area contributed by atoms with E-state index in [-0.39, 0.29) is 17.7 Å². The average molecular weight is 379 g/mol. The number of halogens is 2. The molecule has 1 aliphatic carbocycles. The summed E-state index contributed by atoms with van der Waals surface area (Å²) >= 11 is 1.68. The number of hydrogen-bond acceptors (Lipinski definition) is 5. The van der Waals surface area contributed by atoms with Crippen molar-refractivity contribution in [2.24, 2.45) is 0 Å². The molecule has 0 spiro atoms. The Morgan fingerprint density at radius 1 is 1.12 bits per heavy atom. The molecule has 0 saturated heterocycles. The molecular weight excluding hydrogens is 360 g/mol. The lowest BCUT2D eigenvalue weighted by atomic mass is 9.94. The topological polar surface area (TPSA) is 64.1 Å². The van der Waals surface area contributed by atoms with Crippen molar-refractivity contribution in [3.63, 3.8) is 0 Å². The Balaban J connectivity index is 1.46. The van der Waals surface area contributed by atoms with E-state index in [1.54, 1.807) is 30.2 Å². The lowest BCUT2D eigenvalue weighted by molar-refractivity contribution is -0.0498. The fraction of sp³-hybridized carbons (Fsp3) is 0.389. The average Bonchev–Trinajstić information content (AvgIpc) is 2.64. The van der Waals surface area contributed by atoms with Gasteiger partial charge in [0.15, 0.2) is 5.16 Å². The van der Waals surface area contributed by atoms with Gasteiger partial charge in [0, 0.05) is 29.2 Å². The fourth-order valence-electron chi connectivity index (χ4n) is 2.88. The maximum atomic E-state index is 12.3. The summed E-state index contributed by atoms with van der Waals surface area (Å²) < 4.78 is 28.6. The zero-order chi connectivity index (χ0) is 18.4. The number of benzene rings is 1. The number of ether oxygens (including phenoxy) is 1. The van der Waals surface area contributed by atoms with E-state index in [0.717, 1.165) is 30.8 Å². The van der Waals surface area contributed by atoms with Gasteiger partial charge in [-0.05, 0) is 56.0 Å². The Morgan fingerprint density at radius 2 is 1.77 bits per heavy atom. The molecule has 0 unspecified atom stereocenters. The molecule has 0 aliphatic heterocycles. The molecule has 1 fully saturated rings. The van der Waals surface area contributed by atoms with Gasteiger partial charge >= 0.3 is 6.61 Å². The van der Waals surface area contributed by atoms with E-state index in [4.69, 9.17) is 0 Å². The highest BCUT2D eigenvalue weighted by Crippen LogP contribution is 2.31. The van der Waals surface area contributed by atoms with Crippen molar-refractivity contribution >= 4 is 17.7 Å². The number of aromatic nitrogens is 2. The molecule has 1 N–H and O–H groups in total. The van der Waals surface area contributed by atoms with E-state index in [0.29, 0.717) is 10.8 Å². The van der Waals surface area contributed by atoms with Gasteiger partial charge in [0.1, 0.15) is 5.75 Å². The summed E-state index contributed by atoms with van der Waals surface area (Å²) in [5, 5.41) is 4.25. The molecule has 2 aromatic rings. The third-order valence-corrected chi connectivity index (χ3v) is 5.39. The lowest BCUT2D eigenvalue weighted by Crippen LogP contribution is -2.38. The normalized spacial score (nSPS) is 20.0. The van der Waals surface area contributed by atoms with Gasteiger partial charge in [-0.3, -0.25) is 4.79 Å². The van der Waals surface area contributed by atoms with Gasteiger partial charge in [0.25, 0.3) is 5.91 Å². The summed E-state index contributed by atoms with van der Waals surface area (Å²) in [5.74, 6) is -0.159. The van der Waals surface area contributed by atoms with Crippen LogP contribution in [0.15, 0.2) is 47.9 Å². The molecule has 0 bridgehead atoms. The largest absolute Gasteiger partial charge is 0.435 e. The molecule has 0 atom stereocenters. The molecule has 3 rings (SSSR count). The van der Waals surface area contributed by atoms with Crippen LogP contribution in [-0.4, -0.2) is 33.8 Å². The Morgan fingerprint density at radius 3 is 2.38 bits per heavy atom. The second-order valence-corrected chi connectivity index (χ2v) is 7.27. The van der Waals surface area contributed by atoms with Crippen molar-refractivity contribution in [1.82, 2.24) is 15.3 Å². The van der Waals surface area contributed by atoms with E-state index in [1.165, 1.54) is 24.3 Å². The minimum Gasteiger partial charge on any atom is -0.435 e. The van der Waals surface area contributed by atoms with Crippen LogP contribution in [0.4, 0.5) is 8.78 Å². The molecule has 1 aliphatic rings. The van der Waals surface area contributed by atoms with E-state index in [1.807, 2.05) is 0 Å². The number of hydrogen-bond donors (Lipinski definition) is 1. The molecule has 1 aromatic carbocycles. The van der Waals surface area contributed by atoms with Gasteiger partial charge in [-0.15, -0.1) is 0 Å². The zero-order valence-electron chi connectivity index (χ0n) is 14.0. The predicted octanol–water partition coefficient (Wildman–Crippen LogP) is 3.91. The summed E-state index contributed by atoms with van der Waals surface area (Å²) in [5.41, 5.74) is 0.431. The monoisotopic (exact) mass is 379 g/mol. The number of rotatable bonds is 6. The maximum Gasteiger partial charge on any atom is 0.387 e. The highest BCUT2D eigenvalue weighted by atomic mass is 32.2. The fourth-order valence-corrected chi connectivity index (χ4v) is 3.93. The number of carbonyl (C=O) groups is 1. The molecule has 26 heavy (non-hydrogen) atoms. The number of nitrogens with one attached hydrogen (secondary N) is 1. The molecule has 1 amide bonds. The minimum atomic E-state index is -2.87. The Kier molecular flexibility index (Phi) is 6.38. The first-order valence-electron chi connectivity index (χ1n) is 8.39. The first-order valence-corrected chi connectivity index (χ1v) is 9.27. The number of carbonyl (C=O) groups excluding carboxylic acids is 1. The quantitative estimate of drug-likeness (QED) is 0.771. The van der Waals surface area contributed by atoms with Crippen molar-refractivity contribution in [2.75, 3.05) is 0 Å². The third kappa shape index (κ3) is 5.39. The minimum absolute atomic E-state index is 0.0391. The van der Waals surface area contributed by atoms with Crippen molar-refractivity contribution in [3.8, 4) is 5.75 Å². The number of amides is 1. The second kappa shape index (κ2) is 8.93. The first-order chi connectivity index (χ1) is 12.6. The van der Waals surface area contributed by atoms with Gasteiger partial charge in [0.2, 0.25) is 0 Å². The highest BCUT2D eigenvalue weighted by Gasteiger charge is 2.24. The van der Waals surface area contributed by atoms with Crippen LogP contribution in [0.5, 0.6) is 5.75 Å². The Hall–Kier alpha value is -2.22.